The molecule has 102 valence electrons. The number of hydrogen-bond acceptors (Lipinski definition) is 5. The van der Waals surface area contributed by atoms with Gasteiger partial charge in [-0.15, -0.1) is 12.3 Å². The maximum absolute atomic E-state index is 11.9. The van der Waals surface area contributed by atoms with Crippen molar-refractivity contribution in [1.29, 1.82) is 0 Å². The minimum Gasteiger partial charge on any atom is -0.468 e. The Morgan fingerprint density at radius 3 is 3.00 bits per heavy atom. The lowest BCUT2D eigenvalue weighted by Gasteiger charge is -2.14. The van der Waals surface area contributed by atoms with E-state index in [1.165, 1.54) is 13.3 Å². The predicted octanol–water partition coefficient (Wildman–Crippen LogP) is 1.00. The molecule has 0 spiro atoms. The summed E-state index contributed by atoms with van der Waals surface area (Å²) in [4.78, 5) is 23.1. The highest BCUT2D eigenvalue weighted by molar-refractivity contribution is 9.10. The van der Waals surface area contributed by atoms with Crippen LogP contribution in [-0.2, 0) is 16.1 Å². The van der Waals surface area contributed by atoms with Crippen molar-refractivity contribution in [2.75, 3.05) is 12.4 Å². The van der Waals surface area contributed by atoms with Crippen molar-refractivity contribution < 1.29 is 9.53 Å². The topological polar surface area (TPSA) is 73.2 Å². The van der Waals surface area contributed by atoms with E-state index in [1.54, 1.807) is 0 Å². The fraction of sp³-hybridized carbons (Fsp3) is 0.417. The third-order valence-electron chi connectivity index (χ3n) is 2.32. The standard InChI is InChI=1S/C12H14BrN3O3/c1-4-5-8(2)15-9-6-14-16(7-10(17)19-3)12(18)11(9)13/h1,6,8,15H,5,7H2,2-3H3. The number of hydrogen-bond donors (Lipinski definition) is 1. The number of aromatic nitrogens is 2. The van der Waals surface area contributed by atoms with Gasteiger partial charge in [-0.05, 0) is 22.9 Å². The molecule has 1 atom stereocenters. The van der Waals surface area contributed by atoms with Crippen LogP contribution in [0.4, 0.5) is 5.69 Å². The number of anilines is 1. The molecule has 0 fully saturated rings. The van der Waals surface area contributed by atoms with Crippen LogP contribution in [0, 0.1) is 12.3 Å². The summed E-state index contributed by atoms with van der Waals surface area (Å²) in [5.41, 5.74) is 0.122. The van der Waals surface area contributed by atoms with E-state index < -0.39 is 11.5 Å². The summed E-state index contributed by atoms with van der Waals surface area (Å²) in [6, 6.07) is 0.0129. The van der Waals surface area contributed by atoms with Gasteiger partial charge in [0.25, 0.3) is 5.56 Å². The van der Waals surface area contributed by atoms with Gasteiger partial charge in [0.05, 0.1) is 19.0 Å². The van der Waals surface area contributed by atoms with Crippen LogP contribution < -0.4 is 10.9 Å². The highest BCUT2D eigenvalue weighted by Gasteiger charge is 2.12. The highest BCUT2D eigenvalue weighted by atomic mass is 79.9. The zero-order valence-corrected chi connectivity index (χ0v) is 12.2. The monoisotopic (exact) mass is 327 g/mol. The normalized spacial score (nSPS) is 11.5. The van der Waals surface area contributed by atoms with E-state index in [1.807, 2.05) is 6.92 Å². The van der Waals surface area contributed by atoms with Crippen LogP contribution in [0.1, 0.15) is 13.3 Å². The quantitative estimate of drug-likeness (QED) is 0.645. The number of terminal acetylenes is 1. The molecule has 1 rings (SSSR count). The van der Waals surface area contributed by atoms with E-state index in [0.717, 1.165) is 4.68 Å². The SMILES string of the molecule is C#CCC(C)Nc1cnn(CC(=O)OC)c(=O)c1Br. The molecule has 7 heteroatoms. The van der Waals surface area contributed by atoms with E-state index in [9.17, 15) is 9.59 Å². The van der Waals surface area contributed by atoms with Crippen LogP contribution in [0.2, 0.25) is 0 Å². The molecule has 1 aromatic heterocycles. The maximum atomic E-state index is 11.9. The molecule has 0 saturated heterocycles. The second-order valence-corrected chi connectivity index (χ2v) is 4.66. The minimum atomic E-state index is -0.539. The number of halogens is 1. The summed E-state index contributed by atoms with van der Waals surface area (Å²) >= 11 is 3.18. The Balaban J connectivity index is 2.95. The minimum absolute atomic E-state index is 0.0129. The van der Waals surface area contributed by atoms with Gasteiger partial charge in [-0.3, -0.25) is 9.59 Å². The first-order chi connectivity index (χ1) is 8.99. The average molecular weight is 328 g/mol. The predicted molar refractivity (Wildman–Crippen MR) is 74.7 cm³/mol. The molecule has 1 aromatic rings. The highest BCUT2D eigenvalue weighted by Crippen LogP contribution is 2.17. The lowest BCUT2D eigenvalue weighted by atomic mass is 10.2. The molecule has 0 aliphatic heterocycles. The molecule has 1 N–H and O–H groups in total. The number of nitrogens with one attached hydrogen (secondary N) is 1. The van der Waals surface area contributed by atoms with Gasteiger partial charge < -0.3 is 10.1 Å². The van der Waals surface area contributed by atoms with Gasteiger partial charge in [-0.25, -0.2) is 4.68 Å². The molecule has 0 radical (unpaired) electrons. The molecule has 19 heavy (non-hydrogen) atoms. The Kier molecular flexibility index (Phi) is 5.57. The van der Waals surface area contributed by atoms with Crippen LogP contribution in [0.15, 0.2) is 15.5 Å². The number of carbonyl (C=O) groups is 1. The Morgan fingerprint density at radius 2 is 2.42 bits per heavy atom. The maximum Gasteiger partial charge on any atom is 0.327 e. The Hall–Kier alpha value is -1.81. The van der Waals surface area contributed by atoms with Crippen molar-refractivity contribution in [2.45, 2.75) is 25.9 Å². The number of carbonyl (C=O) groups excluding carboxylic acids is 1. The molecule has 1 unspecified atom stereocenters. The van der Waals surface area contributed by atoms with Gasteiger partial charge in [0.2, 0.25) is 0 Å². The van der Waals surface area contributed by atoms with E-state index in [4.69, 9.17) is 6.42 Å². The molecule has 6 nitrogen and oxygen atoms in total. The first-order valence-corrected chi connectivity index (χ1v) is 6.31. The summed E-state index contributed by atoms with van der Waals surface area (Å²) < 4.78 is 5.81. The van der Waals surface area contributed by atoms with Crippen molar-refractivity contribution in [1.82, 2.24) is 9.78 Å². The lowest BCUT2D eigenvalue weighted by molar-refractivity contribution is -0.141. The Labute approximate surface area is 119 Å². The first-order valence-electron chi connectivity index (χ1n) is 5.52. The molecule has 0 saturated carbocycles. The van der Waals surface area contributed by atoms with Crippen molar-refractivity contribution >= 4 is 27.6 Å². The molecule has 0 aromatic carbocycles. The molecule has 0 aliphatic carbocycles. The summed E-state index contributed by atoms with van der Waals surface area (Å²) in [5, 5.41) is 6.96. The van der Waals surface area contributed by atoms with E-state index >= 15 is 0 Å². The number of methoxy groups -OCH3 is 1. The summed E-state index contributed by atoms with van der Waals surface area (Å²) in [6.07, 6.45) is 7.20. The second kappa shape index (κ2) is 6.95. The fourth-order valence-corrected chi connectivity index (χ4v) is 1.78. The fourth-order valence-electron chi connectivity index (χ4n) is 1.36. The van der Waals surface area contributed by atoms with Crippen LogP contribution in [0.25, 0.3) is 0 Å². The number of ether oxygens (including phenoxy) is 1. The number of nitrogens with zero attached hydrogens (tertiary/aromatic N) is 2. The Morgan fingerprint density at radius 1 is 1.74 bits per heavy atom. The van der Waals surface area contributed by atoms with Crippen molar-refractivity contribution in [3.05, 3.63) is 21.0 Å². The van der Waals surface area contributed by atoms with E-state index in [-0.39, 0.29) is 12.6 Å². The van der Waals surface area contributed by atoms with Gasteiger partial charge in [0.1, 0.15) is 11.0 Å². The second-order valence-electron chi connectivity index (χ2n) is 3.86. The van der Waals surface area contributed by atoms with Crippen LogP contribution in [0.3, 0.4) is 0 Å². The van der Waals surface area contributed by atoms with Crippen LogP contribution in [-0.4, -0.2) is 28.9 Å². The average Bonchev–Trinajstić information content (AvgIpc) is 2.38. The van der Waals surface area contributed by atoms with Crippen molar-refractivity contribution in [3.63, 3.8) is 0 Å². The van der Waals surface area contributed by atoms with Gasteiger partial charge in [-0.2, -0.15) is 5.10 Å². The third kappa shape index (κ3) is 4.10. The number of esters is 1. The Bertz CT molecular complexity index is 562. The molecule has 1 heterocycles. The third-order valence-corrected chi connectivity index (χ3v) is 3.08. The van der Waals surface area contributed by atoms with Gasteiger partial charge in [0.15, 0.2) is 0 Å². The van der Waals surface area contributed by atoms with Gasteiger partial charge in [0, 0.05) is 12.5 Å². The lowest BCUT2D eigenvalue weighted by Crippen LogP contribution is -2.29. The smallest absolute Gasteiger partial charge is 0.327 e. The first kappa shape index (κ1) is 15.2. The molecular formula is C12H14BrN3O3. The van der Waals surface area contributed by atoms with Crippen LogP contribution >= 0.6 is 15.9 Å². The van der Waals surface area contributed by atoms with Crippen molar-refractivity contribution in [2.24, 2.45) is 0 Å². The molecular weight excluding hydrogens is 314 g/mol. The molecule has 0 aliphatic rings. The largest absolute Gasteiger partial charge is 0.468 e. The number of rotatable bonds is 5. The molecule has 0 amide bonds. The van der Waals surface area contributed by atoms with Crippen molar-refractivity contribution in [3.8, 4) is 12.3 Å². The summed E-state index contributed by atoms with van der Waals surface area (Å²) in [6.45, 7) is 1.67. The summed E-state index contributed by atoms with van der Waals surface area (Å²) in [7, 11) is 1.25. The van der Waals surface area contributed by atoms with E-state index in [0.29, 0.717) is 16.6 Å². The van der Waals surface area contributed by atoms with E-state index in [2.05, 4.69) is 37.0 Å². The molecule has 0 bridgehead atoms. The van der Waals surface area contributed by atoms with Gasteiger partial charge in [-0.1, -0.05) is 0 Å². The van der Waals surface area contributed by atoms with Crippen LogP contribution in [0.5, 0.6) is 0 Å². The van der Waals surface area contributed by atoms with Gasteiger partial charge >= 0.3 is 5.97 Å². The zero-order valence-electron chi connectivity index (χ0n) is 10.6. The zero-order chi connectivity index (χ0) is 14.4. The summed E-state index contributed by atoms with van der Waals surface area (Å²) in [5.74, 6) is 1.99.